The summed E-state index contributed by atoms with van der Waals surface area (Å²) in [6, 6.07) is 8.21. The minimum Gasteiger partial charge on any atom is -0.397 e. The van der Waals surface area contributed by atoms with Crippen LogP contribution in [-0.4, -0.2) is 13.1 Å². The molecule has 1 atom stereocenters. The number of anilines is 2. The molecule has 0 amide bonds. The minimum absolute atomic E-state index is 0.179. The van der Waals surface area contributed by atoms with Crippen LogP contribution < -0.4 is 10.6 Å². The summed E-state index contributed by atoms with van der Waals surface area (Å²) in [5.41, 5.74) is 8.87. The van der Waals surface area contributed by atoms with Crippen LogP contribution in [0.15, 0.2) is 18.2 Å². The first kappa shape index (κ1) is 11.4. The first-order valence-electron chi connectivity index (χ1n) is 5.02. The number of nitriles is 1. The summed E-state index contributed by atoms with van der Waals surface area (Å²) in [6.07, 6.45) is 0.504. The summed E-state index contributed by atoms with van der Waals surface area (Å²) in [5.74, 6) is 0. The maximum absolute atomic E-state index is 8.66. The largest absolute Gasteiger partial charge is 0.397 e. The molecule has 1 aromatic rings. The molecule has 0 saturated carbocycles. The van der Waals surface area contributed by atoms with E-state index in [4.69, 9.17) is 11.0 Å². The maximum Gasteiger partial charge on any atom is 0.0643 e. The Hall–Kier alpha value is -1.69. The maximum atomic E-state index is 8.66. The average Bonchev–Trinajstić information content (AvgIpc) is 2.17. The van der Waals surface area contributed by atoms with Crippen molar-refractivity contribution in [2.75, 3.05) is 17.7 Å². The monoisotopic (exact) mass is 203 g/mol. The summed E-state index contributed by atoms with van der Waals surface area (Å²) in [4.78, 5) is 2.06. The molecule has 0 aliphatic heterocycles. The van der Waals surface area contributed by atoms with Gasteiger partial charge in [-0.25, -0.2) is 0 Å². The highest BCUT2D eigenvalue weighted by atomic mass is 15.1. The molecule has 1 unspecified atom stereocenters. The Bertz CT molecular complexity index is 359. The van der Waals surface area contributed by atoms with Crippen LogP contribution in [0.1, 0.15) is 18.9 Å². The number of hydrogen-bond acceptors (Lipinski definition) is 3. The number of hydrogen-bond donors (Lipinski definition) is 1. The van der Waals surface area contributed by atoms with Gasteiger partial charge in [0.05, 0.1) is 23.9 Å². The van der Waals surface area contributed by atoms with Gasteiger partial charge in [0.15, 0.2) is 0 Å². The minimum atomic E-state index is 0.179. The van der Waals surface area contributed by atoms with E-state index in [1.807, 2.05) is 39.1 Å². The van der Waals surface area contributed by atoms with E-state index < -0.39 is 0 Å². The first-order chi connectivity index (χ1) is 7.07. The Labute approximate surface area is 91.1 Å². The fraction of sp³-hybridized carbons (Fsp3) is 0.417. The predicted octanol–water partition coefficient (Wildman–Crippen LogP) is 2.32. The van der Waals surface area contributed by atoms with Gasteiger partial charge in [0.2, 0.25) is 0 Å². The Kier molecular flexibility index (Phi) is 3.56. The van der Waals surface area contributed by atoms with Crippen molar-refractivity contribution in [2.45, 2.75) is 26.3 Å². The molecule has 2 N–H and O–H groups in total. The molecule has 0 aliphatic carbocycles. The predicted molar refractivity (Wildman–Crippen MR) is 63.7 cm³/mol. The summed E-state index contributed by atoms with van der Waals surface area (Å²) in [6.45, 7) is 4.05. The van der Waals surface area contributed by atoms with E-state index in [9.17, 15) is 0 Å². The standard InChI is InChI=1S/C12H17N3/c1-9-5-4-6-11(14)12(9)15(3)10(2)7-8-13/h4-6,10H,7,14H2,1-3H3. The van der Waals surface area contributed by atoms with E-state index in [0.717, 1.165) is 16.9 Å². The highest BCUT2D eigenvalue weighted by molar-refractivity contribution is 5.71. The van der Waals surface area contributed by atoms with Crippen molar-refractivity contribution < 1.29 is 0 Å². The van der Waals surface area contributed by atoms with Crippen molar-refractivity contribution >= 4 is 11.4 Å². The number of rotatable bonds is 3. The van der Waals surface area contributed by atoms with Crippen LogP contribution in [0.4, 0.5) is 11.4 Å². The lowest BCUT2D eigenvalue weighted by atomic mass is 10.1. The van der Waals surface area contributed by atoms with Gasteiger partial charge in [0, 0.05) is 13.1 Å². The zero-order chi connectivity index (χ0) is 11.4. The molecule has 0 heterocycles. The Morgan fingerprint density at radius 3 is 2.73 bits per heavy atom. The van der Waals surface area contributed by atoms with Crippen LogP contribution in [0.5, 0.6) is 0 Å². The van der Waals surface area contributed by atoms with Gasteiger partial charge in [0.25, 0.3) is 0 Å². The topological polar surface area (TPSA) is 53.0 Å². The highest BCUT2D eigenvalue weighted by Gasteiger charge is 2.13. The van der Waals surface area contributed by atoms with Crippen molar-refractivity contribution in [3.63, 3.8) is 0 Å². The molecular formula is C12H17N3. The second-order valence-electron chi connectivity index (χ2n) is 3.83. The zero-order valence-electron chi connectivity index (χ0n) is 9.49. The van der Waals surface area contributed by atoms with Crippen molar-refractivity contribution in [2.24, 2.45) is 0 Å². The summed E-state index contributed by atoms with van der Waals surface area (Å²) in [5, 5.41) is 8.66. The van der Waals surface area contributed by atoms with E-state index in [1.165, 1.54) is 0 Å². The first-order valence-corrected chi connectivity index (χ1v) is 5.02. The molecule has 0 radical (unpaired) electrons. The van der Waals surface area contributed by atoms with Gasteiger partial charge in [-0.05, 0) is 25.5 Å². The van der Waals surface area contributed by atoms with Crippen LogP contribution >= 0.6 is 0 Å². The molecule has 0 fully saturated rings. The molecule has 0 aliphatic rings. The van der Waals surface area contributed by atoms with E-state index >= 15 is 0 Å². The molecule has 0 bridgehead atoms. The molecule has 0 spiro atoms. The highest BCUT2D eigenvalue weighted by Crippen LogP contribution is 2.28. The summed E-state index contributed by atoms with van der Waals surface area (Å²) < 4.78 is 0. The second kappa shape index (κ2) is 4.70. The van der Waals surface area contributed by atoms with Gasteiger partial charge in [-0.1, -0.05) is 12.1 Å². The number of nitrogens with zero attached hydrogens (tertiary/aromatic N) is 2. The fourth-order valence-electron chi connectivity index (χ4n) is 1.65. The lowest BCUT2D eigenvalue weighted by Crippen LogP contribution is -2.29. The molecule has 0 saturated heterocycles. The normalized spacial score (nSPS) is 11.9. The lowest BCUT2D eigenvalue weighted by Gasteiger charge is -2.28. The van der Waals surface area contributed by atoms with Gasteiger partial charge in [-0.3, -0.25) is 0 Å². The van der Waals surface area contributed by atoms with Gasteiger partial charge in [0.1, 0.15) is 0 Å². The van der Waals surface area contributed by atoms with E-state index in [-0.39, 0.29) is 6.04 Å². The number of benzene rings is 1. The third kappa shape index (κ3) is 2.41. The van der Waals surface area contributed by atoms with Crippen molar-refractivity contribution in [3.8, 4) is 6.07 Å². The van der Waals surface area contributed by atoms with Crippen LogP contribution in [0.2, 0.25) is 0 Å². The third-order valence-electron chi connectivity index (χ3n) is 2.67. The third-order valence-corrected chi connectivity index (χ3v) is 2.67. The Balaban J connectivity index is 3.01. The number of para-hydroxylation sites is 1. The SMILES string of the molecule is Cc1cccc(N)c1N(C)C(C)CC#N. The van der Waals surface area contributed by atoms with Crippen LogP contribution in [0.3, 0.4) is 0 Å². The van der Waals surface area contributed by atoms with Crippen molar-refractivity contribution in [1.82, 2.24) is 0 Å². The lowest BCUT2D eigenvalue weighted by molar-refractivity contribution is 0.702. The second-order valence-corrected chi connectivity index (χ2v) is 3.83. The zero-order valence-corrected chi connectivity index (χ0v) is 9.49. The van der Waals surface area contributed by atoms with E-state index in [2.05, 4.69) is 11.0 Å². The van der Waals surface area contributed by atoms with Crippen molar-refractivity contribution in [1.29, 1.82) is 5.26 Å². The van der Waals surface area contributed by atoms with Crippen LogP contribution in [0, 0.1) is 18.3 Å². The van der Waals surface area contributed by atoms with Gasteiger partial charge >= 0.3 is 0 Å². The quantitative estimate of drug-likeness (QED) is 0.767. The smallest absolute Gasteiger partial charge is 0.0643 e. The fourth-order valence-corrected chi connectivity index (χ4v) is 1.65. The summed E-state index contributed by atoms with van der Waals surface area (Å²) >= 11 is 0. The molecule has 3 nitrogen and oxygen atoms in total. The molecule has 1 rings (SSSR count). The molecule has 0 aromatic heterocycles. The molecular weight excluding hydrogens is 186 g/mol. The molecule has 15 heavy (non-hydrogen) atoms. The van der Waals surface area contributed by atoms with Crippen molar-refractivity contribution in [3.05, 3.63) is 23.8 Å². The van der Waals surface area contributed by atoms with Gasteiger partial charge < -0.3 is 10.6 Å². The molecule has 80 valence electrons. The Morgan fingerprint density at radius 1 is 1.53 bits per heavy atom. The van der Waals surface area contributed by atoms with Gasteiger partial charge in [-0.2, -0.15) is 5.26 Å². The molecule has 1 aromatic carbocycles. The Morgan fingerprint density at radius 2 is 2.20 bits per heavy atom. The van der Waals surface area contributed by atoms with E-state index in [1.54, 1.807) is 0 Å². The van der Waals surface area contributed by atoms with E-state index in [0.29, 0.717) is 6.42 Å². The van der Waals surface area contributed by atoms with Crippen LogP contribution in [0.25, 0.3) is 0 Å². The summed E-state index contributed by atoms with van der Waals surface area (Å²) in [7, 11) is 1.97. The number of aryl methyl sites for hydroxylation is 1. The average molecular weight is 203 g/mol. The van der Waals surface area contributed by atoms with Crippen LogP contribution in [-0.2, 0) is 0 Å². The van der Waals surface area contributed by atoms with Gasteiger partial charge in [-0.15, -0.1) is 0 Å². The molecule has 3 heteroatoms. The number of nitrogens with two attached hydrogens (primary N) is 1. The number of nitrogen functional groups attached to an aromatic ring is 1.